The van der Waals surface area contributed by atoms with Crippen molar-refractivity contribution in [3.63, 3.8) is 0 Å². The molecular formula is C18H21N3O7. The third kappa shape index (κ3) is 4.45. The Balaban J connectivity index is 2.15. The molecule has 0 aliphatic rings. The Kier molecular flexibility index (Phi) is 6.34. The molecule has 0 fully saturated rings. The van der Waals surface area contributed by atoms with Crippen molar-refractivity contribution in [1.82, 2.24) is 5.16 Å². The van der Waals surface area contributed by atoms with E-state index in [2.05, 4.69) is 10.5 Å². The molecule has 10 nitrogen and oxygen atoms in total. The highest BCUT2D eigenvalue weighted by Gasteiger charge is 2.28. The molecule has 0 aliphatic heterocycles. The van der Waals surface area contributed by atoms with Crippen LogP contribution in [0.3, 0.4) is 0 Å². The number of hydrogen-bond acceptors (Lipinski definition) is 8. The van der Waals surface area contributed by atoms with Crippen molar-refractivity contribution in [3.8, 4) is 5.75 Å². The van der Waals surface area contributed by atoms with Crippen LogP contribution in [0.25, 0.3) is 0 Å². The lowest BCUT2D eigenvalue weighted by molar-refractivity contribution is -0.384. The molecule has 2 aromatic rings. The molecule has 0 saturated carbocycles. The maximum atomic E-state index is 12.5. The van der Waals surface area contributed by atoms with Crippen LogP contribution in [0.15, 0.2) is 22.7 Å². The number of anilines is 1. The normalized spacial score (nSPS) is 11.8. The van der Waals surface area contributed by atoms with Crippen LogP contribution in [0.2, 0.25) is 0 Å². The molecule has 0 unspecified atom stereocenters. The van der Waals surface area contributed by atoms with Gasteiger partial charge in [0, 0.05) is 5.92 Å². The number of methoxy groups -OCH3 is 1. The molecule has 2 rings (SSSR count). The minimum absolute atomic E-state index is 0.0391. The number of nitrogens with one attached hydrogen (secondary N) is 1. The van der Waals surface area contributed by atoms with Crippen LogP contribution in [0.4, 0.5) is 11.4 Å². The molecule has 28 heavy (non-hydrogen) atoms. The molecule has 1 aromatic heterocycles. The Morgan fingerprint density at radius 1 is 1.29 bits per heavy atom. The minimum atomic E-state index is -1.21. The van der Waals surface area contributed by atoms with Gasteiger partial charge in [-0.2, -0.15) is 0 Å². The molecule has 1 atom stereocenters. The second-order valence-electron chi connectivity index (χ2n) is 6.34. The van der Waals surface area contributed by atoms with Crippen molar-refractivity contribution < 1.29 is 28.5 Å². The smallest absolute Gasteiger partial charge is 0.344 e. The number of carbonyl (C=O) groups is 2. The van der Waals surface area contributed by atoms with E-state index in [9.17, 15) is 19.7 Å². The predicted octanol–water partition coefficient (Wildman–Crippen LogP) is 3.21. The van der Waals surface area contributed by atoms with E-state index in [1.807, 2.05) is 13.8 Å². The van der Waals surface area contributed by atoms with Crippen LogP contribution in [0, 0.1) is 17.0 Å². The van der Waals surface area contributed by atoms with Crippen LogP contribution >= 0.6 is 0 Å². The average Bonchev–Trinajstić information content (AvgIpc) is 3.03. The van der Waals surface area contributed by atoms with Crippen molar-refractivity contribution in [3.05, 3.63) is 45.3 Å². The molecule has 0 radical (unpaired) electrons. The molecule has 150 valence electrons. The van der Waals surface area contributed by atoms with Gasteiger partial charge in [-0.3, -0.25) is 14.9 Å². The van der Waals surface area contributed by atoms with E-state index in [1.54, 1.807) is 6.92 Å². The number of nitro groups is 1. The summed E-state index contributed by atoms with van der Waals surface area (Å²) in [5.74, 6) is -0.944. The van der Waals surface area contributed by atoms with Crippen molar-refractivity contribution in [2.75, 3.05) is 12.4 Å². The van der Waals surface area contributed by atoms with Gasteiger partial charge in [-0.1, -0.05) is 19.0 Å². The summed E-state index contributed by atoms with van der Waals surface area (Å²) in [5.41, 5.74) is 0.142. The fourth-order valence-corrected chi connectivity index (χ4v) is 2.43. The Bertz CT molecular complexity index is 905. The summed E-state index contributed by atoms with van der Waals surface area (Å²) in [7, 11) is 1.37. The van der Waals surface area contributed by atoms with Gasteiger partial charge in [-0.15, -0.1) is 0 Å². The minimum Gasteiger partial charge on any atom is -0.496 e. The van der Waals surface area contributed by atoms with Gasteiger partial charge in [0.2, 0.25) is 0 Å². The Labute approximate surface area is 160 Å². The number of carbonyl (C=O) groups excluding carboxylic acids is 2. The fraction of sp³-hybridized carbons (Fsp3) is 0.389. The fourth-order valence-electron chi connectivity index (χ4n) is 2.43. The number of nitrogens with zero attached hydrogens (tertiary/aromatic N) is 2. The zero-order valence-corrected chi connectivity index (χ0v) is 16.1. The van der Waals surface area contributed by atoms with Gasteiger partial charge in [-0.05, 0) is 26.0 Å². The Morgan fingerprint density at radius 3 is 2.54 bits per heavy atom. The van der Waals surface area contributed by atoms with Gasteiger partial charge in [-0.25, -0.2) is 4.79 Å². The van der Waals surface area contributed by atoms with Gasteiger partial charge in [0.25, 0.3) is 11.6 Å². The number of hydrogen-bond donors (Lipinski definition) is 1. The molecule has 0 saturated heterocycles. The van der Waals surface area contributed by atoms with Gasteiger partial charge in [0.15, 0.2) is 11.9 Å². The van der Waals surface area contributed by atoms with E-state index in [1.165, 1.54) is 32.2 Å². The summed E-state index contributed by atoms with van der Waals surface area (Å²) in [6.45, 7) is 6.61. The maximum absolute atomic E-state index is 12.5. The number of benzene rings is 1. The number of rotatable bonds is 7. The average molecular weight is 391 g/mol. The number of aryl methyl sites for hydroxylation is 1. The molecule has 0 aliphatic carbocycles. The van der Waals surface area contributed by atoms with E-state index < -0.39 is 22.9 Å². The summed E-state index contributed by atoms with van der Waals surface area (Å²) in [5, 5.41) is 17.4. The van der Waals surface area contributed by atoms with Gasteiger partial charge in [0.05, 0.1) is 23.8 Å². The first-order valence-corrected chi connectivity index (χ1v) is 8.46. The van der Waals surface area contributed by atoms with Crippen molar-refractivity contribution >= 4 is 23.3 Å². The standard InChI is InChI=1S/C18H21N3O7/c1-9(2)16-15(10(3)20-28-16)18(23)27-11(4)17(22)19-13-7-6-12(26-5)8-14(13)21(24)25/h6-9,11H,1-5H3,(H,19,22)/t11-/m0/s1. The summed E-state index contributed by atoms with van der Waals surface area (Å²) < 4.78 is 15.3. The molecule has 1 amide bonds. The first-order chi connectivity index (χ1) is 13.1. The molecular weight excluding hydrogens is 370 g/mol. The van der Waals surface area contributed by atoms with Crippen molar-refractivity contribution in [2.45, 2.75) is 39.7 Å². The van der Waals surface area contributed by atoms with Crippen LogP contribution in [0.5, 0.6) is 5.75 Å². The zero-order valence-electron chi connectivity index (χ0n) is 16.1. The summed E-state index contributed by atoms with van der Waals surface area (Å²) in [6, 6.07) is 3.99. The zero-order chi connectivity index (χ0) is 21.0. The van der Waals surface area contributed by atoms with Crippen LogP contribution < -0.4 is 10.1 Å². The van der Waals surface area contributed by atoms with Crippen molar-refractivity contribution in [2.24, 2.45) is 0 Å². The number of aromatic nitrogens is 1. The summed E-state index contributed by atoms with van der Waals surface area (Å²) in [6.07, 6.45) is -1.21. The molecule has 10 heteroatoms. The summed E-state index contributed by atoms with van der Waals surface area (Å²) >= 11 is 0. The SMILES string of the molecule is COc1ccc(NC(=O)[C@H](C)OC(=O)c2c(C)noc2C(C)C)c([N+](=O)[O-])c1. The second kappa shape index (κ2) is 8.51. The highest BCUT2D eigenvalue weighted by molar-refractivity contribution is 5.99. The van der Waals surface area contributed by atoms with Crippen LogP contribution in [-0.4, -0.2) is 35.2 Å². The predicted molar refractivity (Wildman–Crippen MR) is 98.5 cm³/mol. The molecule has 1 aromatic carbocycles. The van der Waals surface area contributed by atoms with Crippen molar-refractivity contribution in [1.29, 1.82) is 0 Å². The Morgan fingerprint density at radius 2 is 1.96 bits per heavy atom. The first kappa shape index (κ1) is 20.9. The quantitative estimate of drug-likeness (QED) is 0.432. The molecule has 1 heterocycles. The maximum Gasteiger partial charge on any atom is 0.344 e. The summed E-state index contributed by atoms with van der Waals surface area (Å²) in [4.78, 5) is 35.4. The number of nitro benzene ring substituents is 1. The third-order valence-corrected chi connectivity index (χ3v) is 3.93. The van der Waals surface area contributed by atoms with Crippen LogP contribution in [0.1, 0.15) is 48.5 Å². The highest BCUT2D eigenvalue weighted by Crippen LogP contribution is 2.29. The lowest BCUT2D eigenvalue weighted by atomic mass is 10.1. The monoisotopic (exact) mass is 391 g/mol. The number of amides is 1. The van der Waals surface area contributed by atoms with Gasteiger partial charge >= 0.3 is 5.97 Å². The number of esters is 1. The molecule has 0 bridgehead atoms. The van der Waals surface area contributed by atoms with E-state index in [-0.39, 0.29) is 28.6 Å². The molecule has 0 spiro atoms. The van der Waals surface area contributed by atoms with E-state index in [0.717, 1.165) is 0 Å². The first-order valence-electron chi connectivity index (χ1n) is 8.46. The lowest BCUT2D eigenvalue weighted by Crippen LogP contribution is -2.30. The highest BCUT2D eigenvalue weighted by atomic mass is 16.6. The Hall–Kier alpha value is -3.43. The van der Waals surface area contributed by atoms with E-state index in [4.69, 9.17) is 14.0 Å². The lowest BCUT2D eigenvalue weighted by Gasteiger charge is -2.14. The van der Waals surface area contributed by atoms with Crippen LogP contribution in [-0.2, 0) is 9.53 Å². The number of ether oxygens (including phenoxy) is 2. The topological polar surface area (TPSA) is 134 Å². The van der Waals surface area contributed by atoms with E-state index >= 15 is 0 Å². The second-order valence-corrected chi connectivity index (χ2v) is 6.34. The van der Waals surface area contributed by atoms with E-state index in [0.29, 0.717) is 11.5 Å². The third-order valence-electron chi connectivity index (χ3n) is 3.93. The van der Waals surface area contributed by atoms with Gasteiger partial charge in [0.1, 0.15) is 17.0 Å². The largest absolute Gasteiger partial charge is 0.496 e. The van der Waals surface area contributed by atoms with Gasteiger partial charge < -0.3 is 19.3 Å². The molecule has 1 N–H and O–H groups in total.